The second-order valence-corrected chi connectivity index (χ2v) is 14.5. The molecule has 0 N–H and O–H groups in total. The Morgan fingerprint density at radius 2 is 1.76 bits per heavy atom. The Balaban J connectivity index is 1.35. The molecule has 0 saturated carbocycles. The van der Waals surface area contributed by atoms with Crippen molar-refractivity contribution < 1.29 is 13.9 Å². The van der Waals surface area contributed by atoms with E-state index in [1.54, 1.807) is 0 Å². The molecule has 2 unspecified atom stereocenters. The number of benzene rings is 1. The van der Waals surface area contributed by atoms with Gasteiger partial charge < -0.3 is 13.9 Å². The van der Waals surface area contributed by atoms with Crippen molar-refractivity contribution in [3.8, 4) is 16.9 Å². The van der Waals surface area contributed by atoms with Gasteiger partial charge in [-0.3, -0.25) is 0 Å². The quantitative estimate of drug-likeness (QED) is 0.204. The predicted molar refractivity (Wildman–Crippen MR) is 142 cm³/mol. The molecule has 1 aliphatic heterocycles. The first kappa shape index (κ1) is 26.8. The number of unbranched alkanes of at least 4 members (excludes halogenated alkanes) is 3. The van der Waals surface area contributed by atoms with Gasteiger partial charge in [-0.2, -0.15) is 0 Å². The average Bonchev–Trinajstić information content (AvgIpc) is 2.84. The first-order valence-corrected chi connectivity index (χ1v) is 16.4. The fourth-order valence-corrected chi connectivity index (χ4v) is 7.00. The lowest BCUT2D eigenvalue weighted by molar-refractivity contribution is -0.105. The number of hydrogen-bond acceptors (Lipinski definition) is 5. The molecule has 3 rings (SSSR count). The van der Waals surface area contributed by atoms with E-state index in [9.17, 15) is 0 Å². The normalized spacial score (nSPS) is 17.5. The first-order valence-electron chi connectivity index (χ1n) is 13.3. The minimum absolute atomic E-state index is 0.113. The van der Waals surface area contributed by atoms with Gasteiger partial charge in [0, 0.05) is 36.9 Å². The fraction of sp³-hybridized carbons (Fsp3) is 0.643. The molecule has 6 heteroatoms. The van der Waals surface area contributed by atoms with Crippen LogP contribution in [0.5, 0.6) is 5.75 Å². The second-order valence-electron chi connectivity index (χ2n) is 10.2. The van der Waals surface area contributed by atoms with Gasteiger partial charge in [0.25, 0.3) is 0 Å². The SMILES string of the molecule is CCCC[Si](C)(C)OC(C)CCCCCc1ncc(-c2ccc(OC3CCCCO3)cc2)cn1. The lowest BCUT2D eigenvalue weighted by atomic mass is 10.1. The van der Waals surface area contributed by atoms with Gasteiger partial charge in [-0.1, -0.05) is 44.7 Å². The highest BCUT2D eigenvalue weighted by atomic mass is 28.4. The van der Waals surface area contributed by atoms with Gasteiger partial charge in [0.1, 0.15) is 11.6 Å². The molecule has 0 spiro atoms. The summed E-state index contributed by atoms with van der Waals surface area (Å²) in [5.41, 5.74) is 2.13. The van der Waals surface area contributed by atoms with Crippen LogP contribution in [0.1, 0.15) is 77.5 Å². The molecule has 0 radical (unpaired) electrons. The Morgan fingerprint density at radius 3 is 2.44 bits per heavy atom. The van der Waals surface area contributed by atoms with E-state index in [1.807, 2.05) is 24.5 Å². The summed E-state index contributed by atoms with van der Waals surface area (Å²) in [6.45, 7) is 10.00. The van der Waals surface area contributed by atoms with Crippen LogP contribution in [0.3, 0.4) is 0 Å². The third kappa shape index (κ3) is 9.47. The highest BCUT2D eigenvalue weighted by molar-refractivity contribution is 6.71. The minimum Gasteiger partial charge on any atom is -0.465 e. The molecule has 0 amide bonds. The van der Waals surface area contributed by atoms with Crippen LogP contribution in [0.25, 0.3) is 11.1 Å². The fourth-order valence-electron chi connectivity index (χ4n) is 4.47. The average molecular weight is 485 g/mol. The van der Waals surface area contributed by atoms with Crippen LogP contribution in [-0.4, -0.2) is 37.3 Å². The van der Waals surface area contributed by atoms with Crippen LogP contribution in [0, 0.1) is 0 Å². The minimum atomic E-state index is -1.49. The summed E-state index contributed by atoms with van der Waals surface area (Å²) in [4.78, 5) is 9.20. The van der Waals surface area contributed by atoms with Crippen molar-refractivity contribution in [1.82, 2.24) is 9.97 Å². The number of ether oxygens (including phenoxy) is 2. The van der Waals surface area contributed by atoms with Crippen LogP contribution in [0.15, 0.2) is 36.7 Å². The largest absolute Gasteiger partial charge is 0.465 e. The lowest BCUT2D eigenvalue weighted by Crippen LogP contribution is -2.34. The number of rotatable bonds is 14. The van der Waals surface area contributed by atoms with E-state index >= 15 is 0 Å². The molecule has 1 aromatic carbocycles. The summed E-state index contributed by atoms with van der Waals surface area (Å²) in [7, 11) is -1.49. The summed E-state index contributed by atoms with van der Waals surface area (Å²) in [6, 6.07) is 9.39. The van der Waals surface area contributed by atoms with Crippen LogP contribution in [0.2, 0.25) is 19.1 Å². The number of aromatic nitrogens is 2. The van der Waals surface area contributed by atoms with Gasteiger partial charge >= 0.3 is 0 Å². The van der Waals surface area contributed by atoms with Crippen LogP contribution < -0.4 is 4.74 Å². The molecule has 1 fully saturated rings. The Hall–Kier alpha value is -1.76. The lowest BCUT2D eigenvalue weighted by Gasteiger charge is -2.27. The van der Waals surface area contributed by atoms with E-state index in [0.717, 1.165) is 61.4 Å². The van der Waals surface area contributed by atoms with Crippen molar-refractivity contribution in [1.29, 1.82) is 0 Å². The van der Waals surface area contributed by atoms with Crippen LogP contribution >= 0.6 is 0 Å². The zero-order valence-corrected chi connectivity index (χ0v) is 22.7. The van der Waals surface area contributed by atoms with Crippen molar-refractivity contribution in [2.24, 2.45) is 0 Å². The second kappa shape index (κ2) is 14.0. The van der Waals surface area contributed by atoms with Gasteiger partial charge in [0.2, 0.25) is 0 Å². The summed E-state index contributed by atoms with van der Waals surface area (Å²) < 4.78 is 18.0. The van der Waals surface area contributed by atoms with Gasteiger partial charge in [-0.25, -0.2) is 9.97 Å². The van der Waals surface area contributed by atoms with Crippen molar-refractivity contribution in [2.75, 3.05) is 6.61 Å². The molecule has 0 aliphatic carbocycles. The molecule has 0 bridgehead atoms. The maximum atomic E-state index is 6.41. The van der Waals surface area contributed by atoms with Crippen LogP contribution in [-0.2, 0) is 15.6 Å². The first-order chi connectivity index (χ1) is 16.4. The number of hydrogen-bond donors (Lipinski definition) is 0. The predicted octanol–water partition coefficient (Wildman–Crippen LogP) is 7.56. The Morgan fingerprint density at radius 1 is 1.00 bits per heavy atom. The molecule has 1 aliphatic rings. The topological polar surface area (TPSA) is 53.5 Å². The molecule has 5 nitrogen and oxygen atoms in total. The molecule has 1 saturated heterocycles. The number of nitrogens with zero attached hydrogens (tertiary/aromatic N) is 2. The van der Waals surface area contributed by atoms with E-state index < -0.39 is 8.32 Å². The van der Waals surface area contributed by atoms with E-state index in [2.05, 4.69) is 49.0 Å². The summed E-state index contributed by atoms with van der Waals surface area (Å²) in [5.74, 6) is 1.77. The maximum absolute atomic E-state index is 6.41. The smallest absolute Gasteiger partial charge is 0.199 e. The van der Waals surface area contributed by atoms with Crippen molar-refractivity contribution in [3.63, 3.8) is 0 Å². The van der Waals surface area contributed by atoms with Crippen molar-refractivity contribution in [3.05, 3.63) is 42.5 Å². The molecule has 188 valence electrons. The monoisotopic (exact) mass is 484 g/mol. The summed E-state index contributed by atoms with van der Waals surface area (Å²) >= 11 is 0. The maximum Gasteiger partial charge on any atom is 0.199 e. The third-order valence-electron chi connectivity index (χ3n) is 6.46. The highest BCUT2D eigenvalue weighted by Crippen LogP contribution is 2.24. The van der Waals surface area contributed by atoms with Gasteiger partial charge in [0.15, 0.2) is 14.6 Å². The van der Waals surface area contributed by atoms with E-state index in [-0.39, 0.29) is 6.29 Å². The van der Waals surface area contributed by atoms with E-state index in [4.69, 9.17) is 13.9 Å². The van der Waals surface area contributed by atoms with E-state index in [0.29, 0.717) is 6.10 Å². The zero-order valence-electron chi connectivity index (χ0n) is 21.7. The molecule has 34 heavy (non-hydrogen) atoms. The summed E-state index contributed by atoms with van der Waals surface area (Å²) in [5, 5.41) is 0. The van der Waals surface area contributed by atoms with Crippen molar-refractivity contribution >= 4 is 8.32 Å². The highest BCUT2D eigenvalue weighted by Gasteiger charge is 2.24. The summed E-state index contributed by atoms with van der Waals surface area (Å²) in [6.07, 6.45) is 15.5. The Kier molecular flexibility index (Phi) is 11.0. The van der Waals surface area contributed by atoms with Gasteiger partial charge in [0.05, 0.1) is 6.61 Å². The third-order valence-corrected chi connectivity index (χ3v) is 9.06. The molecule has 1 aromatic heterocycles. The number of aryl methyl sites for hydroxylation is 1. The standard InChI is InChI=1S/C28H44N2O3Si/c1-5-6-20-34(3,4)33-23(2)12-8-7-9-13-27-29-21-25(22-30-27)24-15-17-26(18-16-24)32-28-14-10-11-19-31-28/h15-18,21-23,28H,5-14,19-20H2,1-4H3. The molecule has 2 atom stereocenters. The Labute approximate surface area is 207 Å². The molecule has 2 aromatic rings. The van der Waals surface area contributed by atoms with Gasteiger partial charge in [-0.15, -0.1) is 0 Å². The molecular weight excluding hydrogens is 440 g/mol. The molecule has 2 heterocycles. The Bertz CT molecular complexity index is 821. The van der Waals surface area contributed by atoms with E-state index in [1.165, 1.54) is 38.1 Å². The zero-order chi connectivity index (χ0) is 24.2. The van der Waals surface area contributed by atoms with Crippen LogP contribution in [0.4, 0.5) is 0 Å². The van der Waals surface area contributed by atoms with Crippen molar-refractivity contribution in [2.45, 2.75) is 110 Å². The molecular formula is C28H44N2O3Si. The van der Waals surface area contributed by atoms with Gasteiger partial charge in [-0.05, 0) is 69.4 Å².